The molecule has 5 nitrogen and oxygen atoms in total. The molecular formula is C29H26ClN3O2S. The van der Waals surface area contributed by atoms with Gasteiger partial charge in [0.2, 0.25) is 0 Å². The quantitative estimate of drug-likeness (QED) is 0.388. The highest BCUT2D eigenvalue weighted by atomic mass is 35.5. The van der Waals surface area contributed by atoms with Crippen molar-refractivity contribution in [3.8, 4) is 5.75 Å². The molecule has 0 saturated carbocycles. The number of carbonyl (C=O) groups is 1. The molecule has 3 aliphatic heterocycles. The summed E-state index contributed by atoms with van der Waals surface area (Å²) in [5.41, 5.74) is 5.26. The van der Waals surface area contributed by atoms with Gasteiger partial charge in [-0.3, -0.25) is 10.1 Å². The molecule has 2 atom stereocenters. The van der Waals surface area contributed by atoms with Gasteiger partial charge in [-0.25, -0.2) is 5.01 Å². The number of fused-ring (bicyclic) bond motifs is 4. The molecule has 0 aromatic heterocycles. The first-order valence-electron chi connectivity index (χ1n) is 12.0. The standard InChI is InChI=1S/C29H26ClN3O2S/c1-28(2,3)20-11-9-18(10-12-20)15-26-29(31-27(34)36-26)33-24(22-16-21(30)13-14-25(22)35-29)17-23(32-33)19-7-5-4-6-8-19/h4-16,24H,17H2,1-3H3,(H,31,34)/b26-15-. The minimum atomic E-state index is -1.23. The highest BCUT2D eigenvalue weighted by Crippen LogP contribution is 2.53. The number of hydrogen-bond donors (Lipinski definition) is 1. The summed E-state index contributed by atoms with van der Waals surface area (Å²) in [6.45, 7) is 6.58. The minimum Gasteiger partial charge on any atom is -0.444 e. The summed E-state index contributed by atoms with van der Waals surface area (Å²) in [4.78, 5) is 13.6. The van der Waals surface area contributed by atoms with Gasteiger partial charge in [0.25, 0.3) is 5.24 Å². The van der Waals surface area contributed by atoms with Crippen LogP contribution in [-0.4, -0.2) is 21.8 Å². The van der Waals surface area contributed by atoms with Crippen molar-refractivity contribution in [1.82, 2.24) is 10.3 Å². The van der Waals surface area contributed by atoms with Crippen molar-refractivity contribution in [2.75, 3.05) is 0 Å². The van der Waals surface area contributed by atoms with Gasteiger partial charge in [-0.05, 0) is 58.1 Å². The van der Waals surface area contributed by atoms with E-state index in [0.717, 1.165) is 39.1 Å². The summed E-state index contributed by atoms with van der Waals surface area (Å²) in [6.07, 6.45) is 2.69. The van der Waals surface area contributed by atoms with Crippen LogP contribution in [0.2, 0.25) is 5.02 Å². The van der Waals surface area contributed by atoms with E-state index in [1.165, 1.54) is 5.56 Å². The molecule has 0 aliphatic carbocycles. The van der Waals surface area contributed by atoms with Gasteiger partial charge in [0.05, 0.1) is 16.7 Å². The Hall–Kier alpha value is -3.22. The van der Waals surface area contributed by atoms with Crippen molar-refractivity contribution < 1.29 is 9.53 Å². The van der Waals surface area contributed by atoms with E-state index >= 15 is 0 Å². The number of hydrazone groups is 1. The number of nitrogens with zero attached hydrogens (tertiary/aromatic N) is 2. The fourth-order valence-corrected chi connectivity index (χ4v) is 6.01. The number of rotatable bonds is 2. The Bertz CT molecular complexity index is 1410. The third-order valence-electron chi connectivity index (χ3n) is 6.81. The normalized spacial score (nSPS) is 23.8. The monoisotopic (exact) mass is 515 g/mol. The van der Waals surface area contributed by atoms with Gasteiger partial charge in [-0.1, -0.05) is 87.0 Å². The lowest BCUT2D eigenvalue weighted by Crippen LogP contribution is -2.61. The lowest BCUT2D eigenvalue weighted by Gasteiger charge is -2.45. The zero-order valence-corrected chi connectivity index (χ0v) is 21.9. The molecule has 182 valence electrons. The van der Waals surface area contributed by atoms with E-state index < -0.39 is 5.85 Å². The number of amides is 1. The van der Waals surface area contributed by atoms with Crippen LogP contribution in [0.25, 0.3) is 6.08 Å². The molecule has 3 aromatic carbocycles. The third kappa shape index (κ3) is 3.89. The maximum atomic E-state index is 12.8. The van der Waals surface area contributed by atoms with E-state index in [1.54, 1.807) is 0 Å². The summed E-state index contributed by atoms with van der Waals surface area (Å²) in [6, 6.07) is 24.1. The van der Waals surface area contributed by atoms with E-state index in [9.17, 15) is 4.79 Å². The highest BCUT2D eigenvalue weighted by Gasteiger charge is 2.58. The number of nitrogens with one attached hydrogen (secondary N) is 1. The van der Waals surface area contributed by atoms with Crippen molar-refractivity contribution >= 4 is 40.4 Å². The van der Waals surface area contributed by atoms with Gasteiger partial charge in [0, 0.05) is 17.0 Å². The topological polar surface area (TPSA) is 53.9 Å². The van der Waals surface area contributed by atoms with Gasteiger partial charge in [-0.2, -0.15) is 5.10 Å². The first-order valence-corrected chi connectivity index (χ1v) is 13.2. The zero-order chi connectivity index (χ0) is 25.1. The fraction of sp³-hybridized carbons (Fsp3) is 0.241. The maximum absolute atomic E-state index is 12.8. The van der Waals surface area contributed by atoms with Crippen molar-refractivity contribution in [1.29, 1.82) is 0 Å². The molecule has 36 heavy (non-hydrogen) atoms. The zero-order valence-electron chi connectivity index (χ0n) is 20.3. The van der Waals surface area contributed by atoms with Gasteiger partial charge in [-0.15, -0.1) is 0 Å². The SMILES string of the molecule is CC(C)(C)c1ccc(/C=C2\SC(=O)NC23Oc2ccc(Cl)cc2C2CC(c4ccccc4)=NN23)cc1. The molecule has 3 aromatic rings. The number of benzene rings is 3. The maximum Gasteiger partial charge on any atom is 0.314 e. The second kappa shape index (κ2) is 8.43. The summed E-state index contributed by atoms with van der Waals surface area (Å²) >= 11 is 7.53. The van der Waals surface area contributed by atoms with E-state index in [-0.39, 0.29) is 16.7 Å². The van der Waals surface area contributed by atoms with Crippen molar-refractivity contribution in [3.05, 3.63) is 105 Å². The Morgan fingerprint density at radius 1 is 1.11 bits per heavy atom. The van der Waals surface area contributed by atoms with Crippen LogP contribution in [0.5, 0.6) is 5.75 Å². The van der Waals surface area contributed by atoms with Crippen LogP contribution >= 0.6 is 23.4 Å². The van der Waals surface area contributed by atoms with E-state index in [4.69, 9.17) is 21.4 Å². The van der Waals surface area contributed by atoms with Crippen LogP contribution in [0.4, 0.5) is 4.79 Å². The molecule has 1 fully saturated rings. The summed E-state index contributed by atoms with van der Waals surface area (Å²) in [5, 5.41) is 10.5. The van der Waals surface area contributed by atoms with Gasteiger partial charge >= 0.3 is 5.85 Å². The number of carbonyl (C=O) groups excluding carboxylic acids is 1. The van der Waals surface area contributed by atoms with Crippen molar-refractivity contribution in [2.45, 2.75) is 44.5 Å². The van der Waals surface area contributed by atoms with Crippen LogP contribution in [0.1, 0.15) is 55.5 Å². The van der Waals surface area contributed by atoms with Gasteiger partial charge in [0.1, 0.15) is 5.75 Å². The lowest BCUT2D eigenvalue weighted by molar-refractivity contribution is -0.0949. The molecule has 0 radical (unpaired) electrons. The predicted molar refractivity (Wildman–Crippen MR) is 146 cm³/mol. The molecule has 1 N–H and O–H groups in total. The fourth-order valence-electron chi connectivity index (χ4n) is 4.92. The largest absolute Gasteiger partial charge is 0.444 e. The molecule has 6 rings (SSSR count). The smallest absolute Gasteiger partial charge is 0.314 e. The number of thioether (sulfide) groups is 1. The molecule has 0 bridgehead atoms. The molecule has 3 heterocycles. The second-order valence-electron chi connectivity index (χ2n) is 10.3. The number of ether oxygens (including phenoxy) is 1. The molecule has 1 spiro atoms. The summed E-state index contributed by atoms with van der Waals surface area (Å²) in [7, 11) is 0. The van der Waals surface area contributed by atoms with Crippen LogP contribution in [-0.2, 0) is 5.41 Å². The highest BCUT2D eigenvalue weighted by molar-refractivity contribution is 8.17. The van der Waals surface area contributed by atoms with Crippen LogP contribution in [0.3, 0.4) is 0 Å². The Morgan fingerprint density at radius 3 is 2.58 bits per heavy atom. The number of hydrogen-bond acceptors (Lipinski definition) is 5. The first-order chi connectivity index (χ1) is 17.2. The van der Waals surface area contributed by atoms with Crippen molar-refractivity contribution in [2.24, 2.45) is 5.10 Å². The lowest BCUT2D eigenvalue weighted by atomic mass is 9.86. The molecule has 1 saturated heterocycles. The Labute approximate surface area is 220 Å². The van der Waals surface area contributed by atoms with Gasteiger partial charge in [0.15, 0.2) is 0 Å². The van der Waals surface area contributed by atoms with Crippen LogP contribution in [0.15, 0.2) is 82.8 Å². The van der Waals surface area contributed by atoms with Crippen LogP contribution in [0, 0.1) is 0 Å². The molecule has 2 unspecified atom stereocenters. The molecule has 1 amide bonds. The average Bonchev–Trinajstić information content (AvgIpc) is 3.43. The van der Waals surface area contributed by atoms with E-state index in [2.05, 4.69) is 62.5 Å². The molecular weight excluding hydrogens is 490 g/mol. The Kier molecular flexibility index (Phi) is 5.43. The predicted octanol–water partition coefficient (Wildman–Crippen LogP) is 7.33. The van der Waals surface area contributed by atoms with Crippen molar-refractivity contribution in [3.63, 3.8) is 0 Å². The minimum absolute atomic E-state index is 0.0648. The third-order valence-corrected chi connectivity index (χ3v) is 7.95. The Morgan fingerprint density at radius 2 is 1.86 bits per heavy atom. The number of halogens is 1. The van der Waals surface area contributed by atoms with E-state index in [1.807, 2.05) is 47.5 Å². The molecule has 7 heteroatoms. The summed E-state index contributed by atoms with van der Waals surface area (Å²) < 4.78 is 6.61. The van der Waals surface area contributed by atoms with Crippen LogP contribution < -0.4 is 10.1 Å². The Balaban J connectivity index is 1.47. The molecule has 3 aliphatic rings. The van der Waals surface area contributed by atoms with E-state index in [0.29, 0.717) is 17.2 Å². The average molecular weight is 516 g/mol. The first kappa shape index (κ1) is 23.2. The second-order valence-corrected chi connectivity index (χ2v) is 11.8. The summed E-state index contributed by atoms with van der Waals surface area (Å²) in [5.74, 6) is -0.533. The van der Waals surface area contributed by atoms with Gasteiger partial charge < -0.3 is 4.74 Å².